The van der Waals surface area contributed by atoms with Crippen LogP contribution in [-0.4, -0.2) is 39.1 Å². The molecule has 1 aliphatic heterocycles. The molecule has 0 aliphatic carbocycles. The van der Waals surface area contributed by atoms with Gasteiger partial charge in [0.25, 0.3) is 0 Å². The molecule has 0 atom stereocenters. The Balaban J connectivity index is 1.47. The zero-order chi connectivity index (χ0) is 20.2. The van der Waals surface area contributed by atoms with E-state index in [-0.39, 0.29) is 5.78 Å². The molecule has 0 amide bonds. The van der Waals surface area contributed by atoms with E-state index >= 15 is 0 Å². The quantitative estimate of drug-likeness (QED) is 0.588. The van der Waals surface area contributed by atoms with Crippen molar-refractivity contribution in [2.45, 2.75) is 6.92 Å². The summed E-state index contributed by atoms with van der Waals surface area (Å²) < 4.78 is 5.40. The molecule has 3 aromatic rings. The van der Waals surface area contributed by atoms with Gasteiger partial charge in [-0.05, 0) is 67.6 Å². The molecule has 0 N–H and O–H groups in total. The molecule has 148 valence electrons. The molecule has 4 heteroatoms. The molecule has 0 saturated carbocycles. The molecular weight excluding hydrogens is 360 g/mol. The van der Waals surface area contributed by atoms with Crippen LogP contribution in [0.2, 0.25) is 0 Å². The van der Waals surface area contributed by atoms with Gasteiger partial charge in [0.2, 0.25) is 0 Å². The van der Waals surface area contributed by atoms with Gasteiger partial charge in [0.05, 0.1) is 13.2 Å². The van der Waals surface area contributed by atoms with Gasteiger partial charge in [-0.25, -0.2) is 0 Å². The fourth-order valence-electron chi connectivity index (χ4n) is 3.57. The Morgan fingerprint density at radius 1 is 0.793 bits per heavy atom. The first kappa shape index (κ1) is 19.2. The average molecular weight is 386 g/mol. The average Bonchev–Trinajstić information content (AvgIpc) is 2.79. The third kappa shape index (κ3) is 4.33. The normalized spacial score (nSPS) is 13.9. The number of benzene rings is 3. The van der Waals surface area contributed by atoms with Crippen LogP contribution in [0.5, 0.6) is 0 Å². The highest BCUT2D eigenvalue weighted by Crippen LogP contribution is 2.25. The summed E-state index contributed by atoms with van der Waals surface area (Å²) in [5.41, 5.74) is 5.95. The van der Waals surface area contributed by atoms with Crippen molar-refractivity contribution < 1.29 is 9.53 Å². The summed E-state index contributed by atoms with van der Waals surface area (Å²) in [5.74, 6) is 0.0445. The Morgan fingerprint density at radius 3 is 1.83 bits per heavy atom. The zero-order valence-corrected chi connectivity index (χ0v) is 17.0. The first-order valence-electron chi connectivity index (χ1n) is 10.00. The van der Waals surface area contributed by atoms with Crippen molar-refractivity contribution in [1.82, 2.24) is 0 Å². The first-order chi connectivity index (χ1) is 14.1. The maximum atomic E-state index is 12.9. The molecule has 0 radical (unpaired) electrons. The lowest BCUT2D eigenvalue weighted by Crippen LogP contribution is -2.36. The summed E-state index contributed by atoms with van der Waals surface area (Å²) in [6, 6.07) is 24.1. The van der Waals surface area contributed by atoms with Crippen LogP contribution in [-0.2, 0) is 4.74 Å². The second-order valence-corrected chi connectivity index (χ2v) is 7.42. The van der Waals surface area contributed by atoms with Crippen molar-refractivity contribution in [3.8, 4) is 0 Å². The predicted molar refractivity (Wildman–Crippen MR) is 119 cm³/mol. The molecule has 4 nitrogen and oxygen atoms in total. The van der Waals surface area contributed by atoms with Crippen LogP contribution in [0, 0.1) is 6.92 Å². The van der Waals surface area contributed by atoms with E-state index in [2.05, 4.69) is 41.0 Å². The van der Waals surface area contributed by atoms with Crippen LogP contribution >= 0.6 is 0 Å². The van der Waals surface area contributed by atoms with Gasteiger partial charge >= 0.3 is 0 Å². The molecule has 1 fully saturated rings. The summed E-state index contributed by atoms with van der Waals surface area (Å²) in [5, 5.41) is 0. The number of hydrogen-bond acceptors (Lipinski definition) is 4. The van der Waals surface area contributed by atoms with Gasteiger partial charge in [0.1, 0.15) is 0 Å². The number of morpholine rings is 1. The Morgan fingerprint density at radius 2 is 1.28 bits per heavy atom. The second-order valence-electron chi connectivity index (χ2n) is 7.42. The van der Waals surface area contributed by atoms with E-state index in [4.69, 9.17) is 4.74 Å². The Kier molecular flexibility index (Phi) is 5.63. The topological polar surface area (TPSA) is 32.8 Å². The molecule has 1 saturated heterocycles. The standard InChI is InChI=1S/C25H26N2O2/c1-19-3-9-22(10-4-19)26(2)23-11-5-20(6-12-23)25(28)21-7-13-24(14-8-21)27-15-17-29-18-16-27/h3-14H,15-18H2,1-2H3. The van der Waals surface area contributed by atoms with E-state index in [0.717, 1.165) is 43.4 Å². The van der Waals surface area contributed by atoms with Crippen LogP contribution in [0.3, 0.4) is 0 Å². The Hall–Kier alpha value is -3.11. The van der Waals surface area contributed by atoms with Crippen molar-refractivity contribution >= 4 is 22.8 Å². The van der Waals surface area contributed by atoms with Gasteiger partial charge in [-0.2, -0.15) is 0 Å². The summed E-state index contributed by atoms with van der Waals surface area (Å²) >= 11 is 0. The third-order valence-electron chi connectivity index (χ3n) is 5.44. The largest absolute Gasteiger partial charge is 0.378 e. The third-order valence-corrected chi connectivity index (χ3v) is 5.44. The number of carbonyl (C=O) groups is 1. The minimum atomic E-state index is 0.0445. The molecule has 4 rings (SSSR count). The van der Waals surface area contributed by atoms with Gasteiger partial charge in [-0.3, -0.25) is 4.79 Å². The maximum Gasteiger partial charge on any atom is 0.193 e. The van der Waals surface area contributed by atoms with Gasteiger partial charge in [-0.1, -0.05) is 17.7 Å². The van der Waals surface area contributed by atoms with Gasteiger partial charge in [-0.15, -0.1) is 0 Å². The number of hydrogen-bond donors (Lipinski definition) is 0. The highest BCUT2D eigenvalue weighted by Gasteiger charge is 2.14. The molecular formula is C25H26N2O2. The SMILES string of the molecule is Cc1ccc(N(C)c2ccc(C(=O)c3ccc(N4CCOCC4)cc3)cc2)cc1. The van der Waals surface area contributed by atoms with Crippen molar-refractivity contribution in [1.29, 1.82) is 0 Å². The number of rotatable bonds is 5. The lowest BCUT2D eigenvalue weighted by Gasteiger charge is -2.28. The Labute approximate surface area is 172 Å². The molecule has 1 aliphatic rings. The van der Waals surface area contributed by atoms with Gasteiger partial charge < -0.3 is 14.5 Å². The summed E-state index contributed by atoms with van der Waals surface area (Å²) in [6.45, 7) is 5.37. The van der Waals surface area contributed by atoms with Crippen LogP contribution in [0.4, 0.5) is 17.1 Å². The molecule has 29 heavy (non-hydrogen) atoms. The van der Waals surface area contributed by atoms with Crippen LogP contribution in [0.1, 0.15) is 21.5 Å². The number of nitrogens with zero attached hydrogens (tertiary/aromatic N) is 2. The highest BCUT2D eigenvalue weighted by atomic mass is 16.5. The minimum absolute atomic E-state index is 0.0445. The fourth-order valence-corrected chi connectivity index (χ4v) is 3.57. The van der Waals surface area contributed by atoms with Gasteiger partial charge in [0, 0.05) is 48.3 Å². The summed E-state index contributed by atoms with van der Waals surface area (Å²) in [7, 11) is 2.03. The van der Waals surface area contributed by atoms with Crippen molar-refractivity contribution in [2.24, 2.45) is 0 Å². The van der Waals surface area contributed by atoms with Crippen LogP contribution in [0.15, 0.2) is 72.8 Å². The first-order valence-corrected chi connectivity index (χ1v) is 10.00. The summed E-state index contributed by atoms with van der Waals surface area (Å²) in [6.07, 6.45) is 0. The van der Waals surface area contributed by atoms with E-state index in [1.54, 1.807) is 0 Å². The van der Waals surface area contributed by atoms with Crippen molar-refractivity contribution in [3.63, 3.8) is 0 Å². The van der Waals surface area contributed by atoms with E-state index in [1.165, 1.54) is 5.56 Å². The molecule has 1 heterocycles. The Bertz CT molecular complexity index is 957. The van der Waals surface area contributed by atoms with E-state index in [9.17, 15) is 4.79 Å². The second kappa shape index (κ2) is 8.50. The zero-order valence-electron chi connectivity index (χ0n) is 17.0. The minimum Gasteiger partial charge on any atom is -0.378 e. The highest BCUT2D eigenvalue weighted by molar-refractivity contribution is 6.09. The molecule has 0 bridgehead atoms. The molecule has 0 spiro atoms. The monoisotopic (exact) mass is 386 g/mol. The predicted octanol–water partition coefficient (Wildman–Crippen LogP) is 4.83. The maximum absolute atomic E-state index is 12.9. The van der Waals surface area contributed by atoms with Crippen LogP contribution < -0.4 is 9.80 Å². The number of carbonyl (C=O) groups excluding carboxylic acids is 1. The summed E-state index contributed by atoms with van der Waals surface area (Å²) in [4.78, 5) is 17.3. The van der Waals surface area contributed by atoms with Crippen LogP contribution in [0.25, 0.3) is 0 Å². The smallest absolute Gasteiger partial charge is 0.193 e. The van der Waals surface area contributed by atoms with Gasteiger partial charge in [0.15, 0.2) is 5.78 Å². The van der Waals surface area contributed by atoms with E-state index in [1.807, 2.05) is 55.6 Å². The number of anilines is 3. The van der Waals surface area contributed by atoms with Crippen molar-refractivity contribution in [3.05, 3.63) is 89.5 Å². The van der Waals surface area contributed by atoms with E-state index < -0.39 is 0 Å². The number of ether oxygens (including phenoxy) is 1. The van der Waals surface area contributed by atoms with E-state index in [0.29, 0.717) is 11.1 Å². The molecule has 0 aromatic heterocycles. The lowest BCUT2D eigenvalue weighted by atomic mass is 10.0. The lowest BCUT2D eigenvalue weighted by molar-refractivity contribution is 0.103. The number of ketones is 1. The number of aryl methyl sites for hydroxylation is 1. The molecule has 0 unspecified atom stereocenters. The van der Waals surface area contributed by atoms with Crippen molar-refractivity contribution in [2.75, 3.05) is 43.2 Å². The molecule has 3 aromatic carbocycles. The fraction of sp³-hybridized carbons (Fsp3) is 0.240.